The van der Waals surface area contributed by atoms with Crippen LogP contribution in [0.1, 0.15) is 35.4 Å². The number of aliphatic hydroxyl groups excluding tert-OH is 1. The monoisotopic (exact) mass is 570 g/mol. The molecule has 0 unspecified atom stereocenters. The Labute approximate surface area is 224 Å². The maximum absolute atomic E-state index is 12.8. The van der Waals surface area contributed by atoms with Gasteiger partial charge in [0, 0.05) is 28.9 Å². The Morgan fingerprint density at radius 1 is 1.14 bits per heavy atom. The first-order chi connectivity index (χ1) is 17.4. The SMILES string of the molecule is COc1nc(Cl)cc2c1[C@]1(O)[C@H](O)[C@H](CN3CCCC3)[C@@H](c3ccccc3)[C@]1(c1ccc(Br)cc1)O2. The molecule has 2 N–H and O–H groups in total. The number of fused-ring (bicyclic) bond motifs is 3. The smallest absolute Gasteiger partial charge is 0.224 e. The molecular formula is C28H28BrClN2O4. The molecule has 8 heteroatoms. The van der Waals surface area contributed by atoms with Crippen LogP contribution in [0.4, 0.5) is 0 Å². The Morgan fingerprint density at radius 3 is 2.50 bits per heavy atom. The van der Waals surface area contributed by atoms with E-state index in [0.717, 1.165) is 41.5 Å². The van der Waals surface area contributed by atoms with Crippen LogP contribution in [0.2, 0.25) is 5.15 Å². The summed E-state index contributed by atoms with van der Waals surface area (Å²) in [5.41, 5.74) is -1.07. The molecule has 3 aromatic rings. The molecule has 1 saturated carbocycles. The molecule has 2 aliphatic heterocycles. The Hall–Kier alpha value is -2.16. The molecule has 6 nitrogen and oxygen atoms in total. The minimum absolute atomic E-state index is 0.159. The van der Waals surface area contributed by atoms with Crippen molar-refractivity contribution in [2.75, 3.05) is 26.7 Å². The third-order valence-corrected chi connectivity index (χ3v) is 8.85. The normalized spacial score (nSPS) is 31.2. The molecule has 0 radical (unpaired) electrons. The number of aliphatic hydroxyl groups is 2. The van der Waals surface area contributed by atoms with E-state index in [-0.39, 0.29) is 22.9 Å². The minimum atomic E-state index is -1.83. The van der Waals surface area contributed by atoms with Crippen LogP contribution in [-0.4, -0.2) is 52.9 Å². The number of benzene rings is 2. The Kier molecular flexibility index (Phi) is 6.04. The van der Waals surface area contributed by atoms with E-state index in [1.165, 1.54) is 7.11 Å². The van der Waals surface area contributed by atoms with E-state index in [2.05, 4.69) is 37.9 Å². The average Bonchev–Trinajstić information content (AvgIpc) is 3.53. The molecule has 1 aromatic heterocycles. The highest BCUT2D eigenvalue weighted by Crippen LogP contribution is 2.69. The minimum Gasteiger partial charge on any atom is -0.481 e. The largest absolute Gasteiger partial charge is 0.481 e. The molecule has 2 aromatic carbocycles. The quantitative estimate of drug-likeness (QED) is 0.427. The second-order valence-corrected chi connectivity index (χ2v) is 11.2. The molecule has 36 heavy (non-hydrogen) atoms. The van der Waals surface area contributed by atoms with Gasteiger partial charge in [-0.1, -0.05) is 70.0 Å². The van der Waals surface area contributed by atoms with Crippen LogP contribution in [0.5, 0.6) is 11.6 Å². The van der Waals surface area contributed by atoms with Gasteiger partial charge < -0.3 is 24.6 Å². The summed E-state index contributed by atoms with van der Waals surface area (Å²) in [5.74, 6) is -0.146. The summed E-state index contributed by atoms with van der Waals surface area (Å²) >= 11 is 9.86. The predicted octanol–water partition coefficient (Wildman–Crippen LogP) is 4.85. The average molecular weight is 572 g/mol. The van der Waals surface area contributed by atoms with Gasteiger partial charge in [0.25, 0.3) is 0 Å². The van der Waals surface area contributed by atoms with E-state index in [9.17, 15) is 10.2 Å². The van der Waals surface area contributed by atoms with Crippen LogP contribution in [-0.2, 0) is 11.2 Å². The van der Waals surface area contributed by atoms with Crippen molar-refractivity contribution in [3.05, 3.63) is 87.0 Å². The van der Waals surface area contributed by atoms with Gasteiger partial charge in [0.15, 0.2) is 11.2 Å². The summed E-state index contributed by atoms with van der Waals surface area (Å²) in [7, 11) is 1.49. The van der Waals surface area contributed by atoms with Crippen molar-refractivity contribution in [1.29, 1.82) is 0 Å². The molecule has 0 amide bonds. The first-order valence-electron chi connectivity index (χ1n) is 12.3. The molecule has 6 rings (SSSR count). The second kappa shape index (κ2) is 8.99. The summed E-state index contributed by atoms with van der Waals surface area (Å²) in [6.45, 7) is 2.60. The highest BCUT2D eigenvalue weighted by atomic mass is 79.9. The van der Waals surface area contributed by atoms with Crippen LogP contribution in [0, 0.1) is 5.92 Å². The summed E-state index contributed by atoms with van der Waals surface area (Å²) < 4.78 is 13.4. The van der Waals surface area contributed by atoms with Gasteiger partial charge in [0.2, 0.25) is 5.88 Å². The first-order valence-corrected chi connectivity index (χ1v) is 13.4. The lowest BCUT2D eigenvalue weighted by Gasteiger charge is -2.41. The molecule has 188 valence electrons. The molecule has 1 aliphatic carbocycles. The highest BCUT2D eigenvalue weighted by molar-refractivity contribution is 9.10. The third-order valence-electron chi connectivity index (χ3n) is 8.13. The molecule has 0 spiro atoms. The van der Waals surface area contributed by atoms with Crippen molar-refractivity contribution >= 4 is 27.5 Å². The Bertz CT molecular complexity index is 1270. The number of ether oxygens (including phenoxy) is 2. The topological polar surface area (TPSA) is 75.0 Å². The van der Waals surface area contributed by atoms with Crippen molar-refractivity contribution in [3.63, 3.8) is 0 Å². The third kappa shape index (κ3) is 3.37. The summed E-state index contributed by atoms with van der Waals surface area (Å²) in [6.07, 6.45) is 1.12. The van der Waals surface area contributed by atoms with Crippen molar-refractivity contribution in [1.82, 2.24) is 9.88 Å². The fourth-order valence-corrected chi connectivity index (χ4v) is 7.16. The lowest BCUT2D eigenvalue weighted by molar-refractivity contribution is -0.152. The van der Waals surface area contributed by atoms with Gasteiger partial charge in [0.1, 0.15) is 10.9 Å². The van der Waals surface area contributed by atoms with Gasteiger partial charge >= 0.3 is 0 Å². The van der Waals surface area contributed by atoms with E-state index in [4.69, 9.17) is 21.1 Å². The maximum atomic E-state index is 12.8. The van der Waals surface area contributed by atoms with Crippen LogP contribution < -0.4 is 9.47 Å². The van der Waals surface area contributed by atoms with Crippen molar-refractivity contribution in [3.8, 4) is 11.6 Å². The van der Waals surface area contributed by atoms with E-state index < -0.39 is 17.3 Å². The lowest BCUT2D eigenvalue weighted by atomic mass is 9.71. The van der Waals surface area contributed by atoms with Gasteiger partial charge in [-0.2, -0.15) is 0 Å². The fourth-order valence-electron chi connectivity index (χ4n) is 6.72. The molecule has 2 fully saturated rings. The molecule has 5 atom stereocenters. The number of hydrogen-bond acceptors (Lipinski definition) is 6. The standard InChI is InChI=1S/C28H28BrClN2O4/c1-35-26-24-21(15-22(30)31-26)36-28(18-9-11-19(29)12-10-18)23(17-7-3-2-4-8-17)20(25(33)27(24,28)34)16-32-13-5-6-14-32/h2-4,7-12,15,20,23,25,33-34H,5-6,13-14,16H2,1H3/t20-,23-,25-,27+,28+/m1/s1. The second-order valence-electron chi connectivity index (χ2n) is 9.94. The van der Waals surface area contributed by atoms with E-state index in [1.807, 2.05) is 42.5 Å². The number of halogens is 2. The number of aromatic nitrogens is 1. The van der Waals surface area contributed by atoms with Gasteiger partial charge in [-0.3, -0.25) is 0 Å². The van der Waals surface area contributed by atoms with E-state index in [1.54, 1.807) is 6.07 Å². The Balaban J connectivity index is 1.64. The van der Waals surface area contributed by atoms with E-state index >= 15 is 0 Å². The van der Waals surface area contributed by atoms with Gasteiger partial charge in [0.05, 0.1) is 18.8 Å². The lowest BCUT2D eigenvalue weighted by Crippen LogP contribution is -2.52. The first kappa shape index (κ1) is 24.2. The Morgan fingerprint density at radius 2 is 1.83 bits per heavy atom. The fraction of sp³-hybridized carbons (Fsp3) is 0.393. The number of methoxy groups -OCH3 is 1. The van der Waals surface area contributed by atoms with Crippen LogP contribution in [0.3, 0.4) is 0 Å². The summed E-state index contributed by atoms with van der Waals surface area (Å²) in [5, 5.41) is 25.2. The highest BCUT2D eigenvalue weighted by Gasteiger charge is 2.77. The van der Waals surface area contributed by atoms with Crippen molar-refractivity contribution in [2.45, 2.75) is 36.1 Å². The number of pyridine rings is 1. The zero-order valence-corrected chi connectivity index (χ0v) is 22.2. The molecular weight excluding hydrogens is 544 g/mol. The zero-order chi connectivity index (χ0) is 25.1. The van der Waals surface area contributed by atoms with Gasteiger partial charge in [-0.25, -0.2) is 4.98 Å². The number of hydrogen-bond donors (Lipinski definition) is 2. The summed E-state index contributed by atoms with van der Waals surface area (Å²) in [4.78, 5) is 6.72. The molecule has 3 aliphatic rings. The van der Waals surface area contributed by atoms with Crippen LogP contribution in [0.25, 0.3) is 0 Å². The van der Waals surface area contributed by atoms with Gasteiger partial charge in [-0.15, -0.1) is 0 Å². The summed E-state index contributed by atoms with van der Waals surface area (Å²) in [6, 6.07) is 19.4. The zero-order valence-electron chi connectivity index (χ0n) is 19.9. The van der Waals surface area contributed by atoms with Crippen LogP contribution >= 0.6 is 27.5 Å². The maximum Gasteiger partial charge on any atom is 0.224 e. The number of nitrogens with zero attached hydrogens (tertiary/aromatic N) is 2. The van der Waals surface area contributed by atoms with Crippen LogP contribution in [0.15, 0.2) is 65.1 Å². The molecule has 3 heterocycles. The number of rotatable bonds is 5. The van der Waals surface area contributed by atoms with Crippen molar-refractivity contribution in [2.24, 2.45) is 5.92 Å². The number of likely N-dealkylation sites (tertiary alicyclic amines) is 1. The molecule has 0 bridgehead atoms. The van der Waals surface area contributed by atoms with Gasteiger partial charge in [-0.05, 0) is 49.2 Å². The molecule has 1 saturated heterocycles. The predicted molar refractivity (Wildman–Crippen MR) is 140 cm³/mol. The van der Waals surface area contributed by atoms with Crippen molar-refractivity contribution < 1.29 is 19.7 Å². The van der Waals surface area contributed by atoms with E-state index in [0.29, 0.717) is 17.9 Å².